The number of para-hydroxylation sites is 1. The molecular formula is C14H9F4NO2. The van der Waals surface area contributed by atoms with Crippen LogP contribution in [0.3, 0.4) is 0 Å². The molecule has 0 aliphatic rings. The van der Waals surface area contributed by atoms with E-state index in [4.69, 9.17) is 0 Å². The third-order valence-electron chi connectivity index (χ3n) is 2.67. The molecule has 3 nitrogen and oxygen atoms in total. The van der Waals surface area contributed by atoms with E-state index in [0.29, 0.717) is 0 Å². The van der Waals surface area contributed by atoms with Crippen molar-refractivity contribution in [2.24, 2.45) is 4.99 Å². The summed E-state index contributed by atoms with van der Waals surface area (Å²) in [5.41, 5.74) is -1.01. The molecule has 0 heterocycles. The van der Waals surface area contributed by atoms with E-state index >= 15 is 0 Å². The Labute approximate surface area is 117 Å². The van der Waals surface area contributed by atoms with Crippen molar-refractivity contribution in [1.82, 2.24) is 0 Å². The Balaban J connectivity index is 2.53. The highest BCUT2D eigenvalue weighted by atomic mass is 19.2. The van der Waals surface area contributed by atoms with E-state index in [2.05, 4.69) is 9.73 Å². The summed E-state index contributed by atoms with van der Waals surface area (Å²) in [6.07, 6.45) is 0.891. The number of halogens is 4. The van der Waals surface area contributed by atoms with E-state index in [1.165, 1.54) is 18.2 Å². The summed E-state index contributed by atoms with van der Waals surface area (Å²) in [6.45, 7) is 0. The van der Waals surface area contributed by atoms with Crippen LogP contribution in [-0.2, 0) is 0 Å². The number of aromatic hydroxyl groups is 1. The van der Waals surface area contributed by atoms with Gasteiger partial charge in [-0.15, -0.1) is 0 Å². The van der Waals surface area contributed by atoms with Crippen molar-refractivity contribution in [1.29, 1.82) is 0 Å². The second-order valence-corrected chi connectivity index (χ2v) is 3.95. The van der Waals surface area contributed by atoms with Gasteiger partial charge in [0, 0.05) is 11.8 Å². The number of aliphatic imine (C=N–C) groups is 1. The maximum Gasteiger partial charge on any atom is 0.206 e. The van der Waals surface area contributed by atoms with Crippen LogP contribution in [0.4, 0.5) is 23.2 Å². The van der Waals surface area contributed by atoms with Crippen LogP contribution < -0.4 is 4.74 Å². The lowest BCUT2D eigenvalue weighted by atomic mass is 10.2. The van der Waals surface area contributed by atoms with Gasteiger partial charge in [0.25, 0.3) is 0 Å². The predicted molar refractivity (Wildman–Crippen MR) is 68.2 cm³/mol. The lowest BCUT2D eigenvalue weighted by Crippen LogP contribution is -2.01. The second kappa shape index (κ2) is 5.82. The third-order valence-corrected chi connectivity index (χ3v) is 2.67. The molecule has 0 aliphatic carbocycles. The summed E-state index contributed by atoms with van der Waals surface area (Å²) in [4.78, 5) is 3.36. The van der Waals surface area contributed by atoms with E-state index in [9.17, 15) is 22.7 Å². The Hall–Kier alpha value is -2.57. The Bertz CT molecular complexity index is 687. The highest BCUT2D eigenvalue weighted by Gasteiger charge is 2.25. The zero-order valence-corrected chi connectivity index (χ0v) is 10.7. The molecule has 0 fully saturated rings. The van der Waals surface area contributed by atoms with Gasteiger partial charge < -0.3 is 9.84 Å². The first-order chi connectivity index (χ1) is 9.97. The number of methoxy groups -OCH3 is 1. The van der Waals surface area contributed by atoms with Gasteiger partial charge in [-0.2, -0.15) is 8.78 Å². The number of ether oxygens (including phenoxy) is 1. The fourth-order valence-corrected chi connectivity index (χ4v) is 1.62. The number of hydrogen-bond acceptors (Lipinski definition) is 3. The lowest BCUT2D eigenvalue weighted by Gasteiger charge is -2.08. The SMILES string of the molecule is COc1c(F)c(F)c(N=Cc2ccccc2O)c(F)c1F. The summed E-state index contributed by atoms with van der Waals surface area (Å²) in [5, 5.41) is 9.47. The molecule has 1 N–H and O–H groups in total. The molecule has 0 bridgehead atoms. The molecular weight excluding hydrogens is 290 g/mol. The smallest absolute Gasteiger partial charge is 0.206 e. The van der Waals surface area contributed by atoms with E-state index in [1.54, 1.807) is 6.07 Å². The molecule has 0 aliphatic heterocycles. The van der Waals surface area contributed by atoms with E-state index in [0.717, 1.165) is 13.3 Å². The molecule has 2 rings (SSSR count). The van der Waals surface area contributed by atoms with Crippen molar-refractivity contribution < 1.29 is 27.4 Å². The number of benzene rings is 2. The topological polar surface area (TPSA) is 41.8 Å². The summed E-state index contributed by atoms with van der Waals surface area (Å²) in [5.74, 6) is -8.08. The number of rotatable bonds is 3. The maximum absolute atomic E-state index is 13.7. The highest BCUT2D eigenvalue weighted by Crippen LogP contribution is 2.34. The Kier molecular flexibility index (Phi) is 4.11. The van der Waals surface area contributed by atoms with Crippen LogP contribution in [0.5, 0.6) is 11.5 Å². The molecule has 2 aromatic carbocycles. The summed E-state index contributed by atoms with van der Waals surface area (Å²) in [6, 6.07) is 5.80. The molecule has 0 aromatic heterocycles. The average Bonchev–Trinajstić information content (AvgIpc) is 2.47. The zero-order valence-electron chi connectivity index (χ0n) is 10.7. The van der Waals surface area contributed by atoms with Crippen LogP contribution in [0, 0.1) is 23.3 Å². The monoisotopic (exact) mass is 299 g/mol. The predicted octanol–water partition coefficient (Wildman–Crippen LogP) is 3.71. The van der Waals surface area contributed by atoms with Gasteiger partial charge in [0.05, 0.1) is 7.11 Å². The molecule has 2 aromatic rings. The normalized spacial score (nSPS) is 11.1. The van der Waals surface area contributed by atoms with Crippen molar-refractivity contribution >= 4 is 11.9 Å². The van der Waals surface area contributed by atoms with E-state index in [-0.39, 0.29) is 11.3 Å². The van der Waals surface area contributed by atoms with Crippen molar-refractivity contribution in [2.45, 2.75) is 0 Å². The van der Waals surface area contributed by atoms with Gasteiger partial charge >= 0.3 is 0 Å². The molecule has 0 spiro atoms. The highest BCUT2D eigenvalue weighted by molar-refractivity contribution is 5.85. The molecule has 0 saturated carbocycles. The fourth-order valence-electron chi connectivity index (χ4n) is 1.62. The van der Waals surface area contributed by atoms with Crippen molar-refractivity contribution in [3.8, 4) is 11.5 Å². The van der Waals surface area contributed by atoms with Crippen LogP contribution in [-0.4, -0.2) is 18.4 Å². The molecule has 21 heavy (non-hydrogen) atoms. The third kappa shape index (κ3) is 2.67. The molecule has 0 radical (unpaired) electrons. The first kappa shape index (κ1) is 14.8. The van der Waals surface area contributed by atoms with Crippen LogP contribution in [0.25, 0.3) is 0 Å². The molecule has 0 unspecified atom stereocenters. The second-order valence-electron chi connectivity index (χ2n) is 3.95. The van der Waals surface area contributed by atoms with Crippen LogP contribution in [0.15, 0.2) is 29.3 Å². The summed E-state index contributed by atoms with van der Waals surface area (Å²) in [7, 11) is 0.880. The standard InChI is InChI=1S/C14H9F4NO2/c1-21-14-11(17)9(15)13(10(16)12(14)18)19-6-7-4-2-3-5-8(7)20/h2-6,20H,1H3. The molecule has 110 valence electrons. The summed E-state index contributed by atoms with van der Waals surface area (Å²) >= 11 is 0. The minimum atomic E-state index is -1.68. The van der Waals surface area contributed by atoms with Gasteiger partial charge in [0.2, 0.25) is 11.6 Å². The molecule has 0 atom stereocenters. The van der Waals surface area contributed by atoms with Gasteiger partial charge in [-0.1, -0.05) is 12.1 Å². The Morgan fingerprint density at radius 1 is 1.00 bits per heavy atom. The first-order valence-corrected chi connectivity index (χ1v) is 5.69. The molecule has 7 heteroatoms. The maximum atomic E-state index is 13.7. The fraction of sp³-hybridized carbons (Fsp3) is 0.0714. The van der Waals surface area contributed by atoms with Crippen LogP contribution in [0.1, 0.15) is 5.56 Å². The molecule has 0 saturated heterocycles. The first-order valence-electron chi connectivity index (χ1n) is 5.69. The lowest BCUT2D eigenvalue weighted by molar-refractivity contribution is 0.334. The minimum absolute atomic E-state index is 0.132. The van der Waals surface area contributed by atoms with Crippen molar-refractivity contribution in [2.75, 3.05) is 7.11 Å². The van der Waals surface area contributed by atoms with E-state index in [1.807, 2.05) is 0 Å². The quantitative estimate of drug-likeness (QED) is 0.533. The van der Waals surface area contributed by atoms with Gasteiger partial charge in [-0.3, -0.25) is 0 Å². The Morgan fingerprint density at radius 3 is 2.10 bits per heavy atom. The number of phenols is 1. The van der Waals surface area contributed by atoms with Crippen molar-refractivity contribution in [3.63, 3.8) is 0 Å². The van der Waals surface area contributed by atoms with Gasteiger partial charge in [0.15, 0.2) is 17.4 Å². The minimum Gasteiger partial charge on any atom is -0.507 e. The van der Waals surface area contributed by atoms with Gasteiger partial charge in [-0.25, -0.2) is 13.8 Å². The van der Waals surface area contributed by atoms with Crippen LogP contribution in [0.2, 0.25) is 0 Å². The number of hydrogen-bond donors (Lipinski definition) is 1. The van der Waals surface area contributed by atoms with Gasteiger partial charge in [0.1, 0.15) is 11.4 Å². The molecule has 0 amide bonds. The number of phenolic OH excluding ortho intramolecular Hbond substituents is 1. The zero-order chi connectivity index (χ0) is 15.6. The van der Waals surface area contributed by atoms with Crippen molar-refractivity contribution in [3.05, 3.63) is 53.1 Å². The average molecular weight is 299 g/mol. The largest absolute Gasteiger partial charge is 0.507 e. The summed E-state index contributed by atoms with van der Waals surface area (Å²) < 4.78 is 58.5. The van der Waals surface area contributed by atoms with Crippen LogP contribution >= 0.6 is 0 Å². The van der Waals surface area contributed by atoms with Gasteiger partial charge in [-0.05, 0) is 12.1 Å². The van der Waals surface area contributed by atoms with E-state index < -0.39 is 34.7 Å². The number of nitrogens with zero attached hydrogens (tertiary/aromatic N) is 1. The Morgan fingerprint density at radius 2 is 1.57 bits per heavy atom.